The summed E-state index contributed by atoms with van der Waals surface area (Å²) >= 11 is 5.66. The maximum absolute atomic E-state index is 12.1. The van der Waals surface area contributed by atoms with Crippen molar-refractivity contribution in [2.24, 2.45) is 0 Å². The van der Waals surface area contributed by atoms with E-state index in [1.165, 1.54) is 7.11 Å². The lowest BCUT2D eigenvalue weighted by Crippen LogP contribution is -2.46. The summed E-state index contributed by atoms with van der Waals surface area (Å²) in [6, 6.07) is 1.16. The van der Waals surface area contributed by atoms with Gasteiger partial charge in [0.1, 0.15) is 16.9 Å². The number of pyridine rings is 1. The molecule has 0 aliphatic heterocycles. The normalized spacial score (nSPS) is 11.2. The average Bonchev–Trinajstić information content (AvgIpc) is 2.27. The van der Waals surface area contributed by atoms with E-state index >= 15 is 0 Å². The Kier molecular flexibility index (Phi) is 4.79. The van der Waals surface area contributed by atoms with Crippen molar-refractivity contribution in [3.05, 3.63) is 33.1 Å². The van der Waals surface area contributed by atoms with E-state index < -0.39 is 22.1 Å². The molecule has 1 aromatic rings. The zero-order valence-electron chi connectivity index (χ0n) is 10.8. The highest BCUT2D eigenvalue weighted by molar-refractivity contribution is 6.29. The zero-order valence-corrected chi connectivity index (χ0v) is 11.5. The van der Waals surface area contributed by atoms with Crippen LogP contribution >= 0.6 is 11.6 Å². The number of nitrogens with one attached hydrogen (secondary N) is 1. The number of nitrogens with zero attached hydrogens (tertiary/aromatic N) is 2. The quantitative estimate of drug-likeness (QED) is 0.506. The SMILES string of the molecule is COCC(C)(C)NC(=O)c1cc(Cl)ncc1[N+](=O)[O-]. The maximum Gasteiger partial charge on any atom is 0.300 e. The van der Waals surface area contributed by atoms with Crippen LogP contribution in [-0.4, -0.2) is 35.1 Å². The minimum atomic E-state index is -0.679. The Labute approximate surface area is 115 Å². The molecule has 0 atom stereocenters. The Balaban J connectivity index is 3.05. The third-order valence-electron chi connectivity index (χ3n) is 2.25. The molecule has 1 N–H and O–H groups in total. The van der Waals surface area contributed by atoms with Crippen molar-refractivity contribution in [2.45, 2.75) is 19.4 Å². The van der Waals surface area contributed by atoms with Crippen LogP contribution in [0.2, 0.25) is 5.15 Å². The number of methoxy groups -OCH3 is 1. The second-order valence-corrected chi connectivity index (χ2v) is 4.94. The van der Waals surface area contributed by atoms with E-state index in [1.54, 1.807) is 13.8 Å². The summed E-state index contributed by atoms with van der Waals surface area (Å²) in [6.07, 6.45) is 0.959. The first-order chi connectivity index (χ1) is 8.76. The number of ether oxygens (including phenoxy) is 1. The van der Waals surface area contributed by atoms with Gasteiger partial charge in [-0.15, -0.1) is 0 Å². The van der Waals surface area contributed by atoms with Gasteiger partial charge >= 0.3 is 0 Å². The number of carbonyl (C=O) groups is 1. The van der Waals surface area contributed by atoms with Gasteiger partial charge in [-0.1, -0.05) is 11.6 Å². The van der Waals surface area contributed by atoms with Crippen LogP contribution in [0.15, 0.2) is 12.3 Å². The van der Waals surface area contributed by atoms with Crippen molar-refractivity contribution >= 4 is 23.2 Å². The summed E-state index contributed by atoms with van der Waals surface area (Å²) in [5.41, 5.74) is -1.18. The molecule has 0 radical (unpaired) electrons. The number of carbonyl (C=O) groups excluding carboxylic acids is 1. The molecule has 19 heavy (non-hydrogen) atoms. The number of amides is 1. The number of aromatic nitrogens is 1. The predicted molar refractivity (Wildman–Crippen MR) is 69.3 cm³/mol. The second kappa shape index (κ2) is 5.94. The topological polar surface area (TPSA) is 94.4 Å². The molecule has 0 aliphatic carbocycles. The molecule has 1 heterocycles. The lowest BCUT2D eigenvalue weighted by Gasteiger charge is -2.25. The lowest BCUT2D eigenvalue weighted by molar-refractivity contribution is -0.385. The van der Waals surface area contributed by atoms with E-state index in [-0.39, 0.29) is 17.3 Å². The highest BCUT2D eigenvalue weighted by Gasteiger charge is 2.26. The van der Waals surface area contributed by atoms with Gasteiger partial charge in [0.25, 0.3) is 11.6 Å². The monoisotopic (exact) mass is 287 g/mol. The Hall–Kier alpha value is -1.73. The molecule has 0 spiro atoms. The second-order valence-electron chi connectivity index (χ2n) is 4.55. The number of nitro groups is 1. The minimum Gasteiger partial charge on any atom is -0.382 e. The minimum absolute atomic E-state index is 0.0142. The number of hydrogen-bond donors (Lipinski definition) is 1. The molecular formula is C11H14ClN3O4. The van der Waals surface area contributed by atoms with Crippen LogP contribution in [0, 0.1) is 10.1 Å². The molecule has 0 bridgehead atoms. The first-order valence-corrected chi connectivity index (χ1v) is 5.76. The first kappa shape index (κ1) is 15.3. The molecule has 0 aliphatic rings. The van der Waals surface area contributed by atoms with Crippen LogP contribution < -0.4 is 5.32 Å². The van der Waals surface area contributed by atoms with Crippen LogP contribution in [-0.2, 0) is 4.74 Å². The smallest absolute Gasteiger partial charge is 0.300 e. The largest absolute Gasteiger partial charge is 0.382 e. The molecule has 104 valence electrons. The summed E-state index contributed by atoms with van der Waals surface area (Å²) in [5, 5.41) is 13.5. The third kappa shape index (κ3) is 4.15. The maximum atomic E-state index is 12.1. The third-order valence-corrected chi connectivity index (χ3v) is 2.45. The fourth-order valence-electron chi connectivity index (χ4n) is 1.52. The van der Waals surface area contributed by atoms with Crippen molar-refractivity contribution in [3.8, 4) is 0 Å². The van der Waals surface area contributed by atoms with Gasteiger partial charge in [0.15, 0.2) is 0 Å². The standard InChI is InChI=1S/C11H14ClN3O4/c1-11(2,6-19-3)14-10(16)7-4-9(12)13-5-8(7)15(17)18/h4-5H,6H2,1-3H3,(H,14,16). The molecule has 7 nitrogen and oxygen atoms in total. The van der Waals surface area contributed by atoms with Crippen LogP contribution in [0.3, 0.4) is 0 Å². The fourth-order valence-corrected chi connectivity index (χ4v) is 1.68. The molecule has 0 saturated heterocycles. The number of halogens is 1. The van der Waals surface area contributed by atoms with Gasteiger partial charge in [-0.2, -0.15) is 0 Å². The average molecular weight is 288 g/mol. The van der Waals surface area contributed by atoms with Crippen molar-refractivity contribution < 1.29 is 14.5 Å². The van der Waals surface area contributed by atoms with Gasteiger partial charge in [0, 0.05) is 7.11 Å². The summed E-state index contributed by atoms with van der Waals surface area (Å²) in [4.78, 5) is 25.8. The summed E-state index contributed by atoms with van der Waals surface area (Å²) in [5.74, 6) is -0.599. The molecule has 8 heteroatoms. The molecule has 1 aromatic heterocycles. The van der Waals surface area contributed by atoms with Gasteiger partial charge in [-0.05, 0) is 19.9 Å². The number of rotatable bonds is 5. The lowest BCUT2D eigenvalue weighted by atomic mass is 10.1. The van der Waals surface area contributed by atoms with Crippen LogP contribution in [0.5, 0.6) is 0 Å². The highest BCUT2D eigenvalue weighted by Crippen LogP contribution is 2.21. The molecule has 1 amide bonds. The van der Waals surface area contributed by atoms with Gasteiger partial charge < -0.3 is 10.1 Å². The van der Waals surface area contributed by atoms with Crippen LogP contribution in [0.1, 0.15) is 24.2 Å². The molecule has 0 unspecified atom stereocenters. The first-order valence-electron chi connectivity index (χ1n) is 5.38. The van der Waals surface area contributed by atoms with Gasteiger partial charge in [-0.25, -0.2) is 4.98 Å². The molecule has 0 saturated carbocycles. The Morgan fingerprint density at radius 3 is 2.79 bits per heavy atom. The Bertz CT molecular complexity index is 505. The van der Waals surface area contributed by atoms with E-state index in [1.807, 2.05) is 0 Å². The van der Waals surface area contributed by atoms with Crippen LogP contribution in [0.4, 0.5) is 5.69 Å². The van der Waals surface area contributed by atoms with E-state index in [0.29, 0.717) is 0 Å². The predicted octanol–water partition coefficient (Wildman–Crippen LogP) is 1.80. The van der Waals surface area contributed by atoms with Crippen molar-refractivity contribution in [1.29, 1.82) is 0 Å². The molecule has 1 rings (SSSR count). The van der Waals surface area contributed by atoms with Crippen LogP contribution in [0.25, 0.3) is 0 Å². The molecule has 0 aromatic carbocycles. The van der Waals surface area contributed by atoms with E-state index in [0.717, 1.165) is 12.3 Å². The van der Waals surface area contributed by atoms with Crippen molar-refractivity contribution in [1.82, 2.24) is 10.3 Å². The summed E-state index contributed by atoms with van der Waals surface area (Å²) in [6.45, 7) is 3.75. The molecule has 0 fully saturated rings. The van der Waals surface area contributed by atoms with Gasteiger partial charge in [-0.3, -0.25) is 14.9 Å². The zero-order chi connectivity index (χ0) is 14.6. The Morgan fingerprint density at radius 1 is 1.63 bits per heavy atom. The van der Waals surface area contributed by atoms with E-state index in [9.17, 15) is 14.9 Å². The van der Waals surface area contributed by atoms with Gasteiger partial charge in [0.2, 0.25) is 0 Å². The van der Waals surface area contributed by atoms with Crippen molar-refractivity contribution in [3.63, 3.8) is 0 Å². The van der Waals surface area contributed by atoms with Crippen molar-refractivity contribution in [2.75, 3.05) is 13.7 Å². The van der Waals surface area contributed by atoms with Gasteiger partial charge in [0.05, 0.1) is 17.1 Å². The Morgan fingerprint density at radius 2 is 2.26 bits per heavy atom. The van der Waals surface area contributed by atoms with E-state index in [2.05, 4.69) is 10.3 Å². The van der Waals surface area contributed by atoms with E-state index in [4.69, 9.17) is 16.3 Å². The highest BCUT2D eigenvalue weighted by atomic mass is 35.5. The molecular weight excluding hydrogens is 274 g/mol. The summed E-state index contributed by atoms with van der Waals surface area (Å²) in [7, 11) is 1.50. The fraction of sp³-hybridized carbons (Fsp3) is 0.455. The number of hydrogen-bond acceptors (Lipinski definition) is 5. The summed E-state index contributed by atoms with van der Waals surface area (Å²) < 4.78 is 4.96.